The van der Waals surface area contributed by atoms with E-state index in [4.69, 9.17) is 14.2 Å². The molecule has 0 N–H and O–H groups in total. The first-order valence-electron chi connectivity index (χ1n) is 9.38. The molecule has 0 bridgehead atoms. The van der Waals surface area contributed by atoms with Crippen molar-refractivity contribution in [2.45, 2.75) is 93.5 Å². The fourth-order valence-electron chi connectivity index (χ4n) is 2.08. The first kappa shape index (κ1) is 22.5. The van der Waals surface area contributed by atoms with Gasteiger partial charge < -0.3 is 14.2 Å². The third-order valence-electron chi connectivity index (χ3n) is 3.94. The average Bonchev–Trinajstić information content (AvgIpc) is 2.47. The van der Waals surface area contributed by atoms with Crippen LogP contribution in [0.2, 0.25) is 0 Å². The van der Waals surface area contributed by atoms with Gasteiger partial charge in [-0.15, -0.1) is 0 Å². The molecule has 0 aliphatic rings. The molecule has 0 saturated heterocycles. The summed E-state index contributed by atoms with van der Waals surface area (Å²) in [5, 5.41) is 0. The average molecular weight is 329 g/mol. The molecule has 0 radical (unpaired) electrons. The highest BCUT2D eigenvalue weighted by molar-refractivity contribution is 5.06. The van der Waals surface area contributed by atoms with E-state index in [1.807, 2.05) is 0 Å². The van der Waals surface area contributed by atoms with Crippen LogP contribution in [0.25, 0.3) is 0 Å². The molecule has 0 aliphatic carbocycles. The number of rotatable bonds is 13. The summed E-state index contributed by atoms with van der Waals surface area (Å²) in [4.78, 5) is 0. The number of allylic oxidation sites excluding steroid dienone is 1. The topological polar surface area (TPSA) is 27.7 Å². The smallest absolute Gasteiger partial charge is 0.216 e. The van der Waals surface area contributed by atoms with E-state index in [2.05, 4.69) is 55.4 Å². The van der Waals surface area contributed by atoms with E-state index in [1.54, 1.807) is 0 Å². The van der Waals surface area contributed by atoms with Crippen LogP contribution in [-0.2, 0) is 14.2 Å². The SMILES string of the molecule is CCCC(C)OC(OCC(C)CC)C(OCCC(C)C)=C(C)C. The summed E-state index contributed by atoms with van der Waals surface area (Å²) < 4.78 is 18.3. The molecule has 0 aromatic rings. The normalized spacial score (nSPS) is 15.3. The Kier molecular flexibility index (Phi) is 12.5. The lowest BCUT2D eigenvalue weighted by atomic mass is 10.1. The standard InChI is InChI=1S/C20H40O3/c1-9-11-18(8)23-20(22-14-17(7)10-2)19(16(5)6)21-13-12-15(3)4/h15,17-18,20H,9-14H2,1-8H3. The van der Waals surface area contributed by atoms with E-state index in [9.17, 15) is 0 Å². The summed E-state index contributed by atoms with van der Waals surface area (Å²) in [6.45, 7) is 18.6. The van der Waals surface area contributed by atoms with E-state index in [-0.39, 0.29) is 12.4 Å². The van der Waals surface area contributed by atoms with Gasteiger partial charge >= 0.3 is 0 Å². The lowest BCUT2D eigenvalue weighted by molar-refractivity contribution is -0.173. The Morgan fingerprint density at radius 2 is 1.61 bits per heavy atom. The highest BCUT2D eigenvalue weighted by Gasteiger charge is 2.22. The maximum Gasteiger partial charge on any atom is 0.216 e. The van der Waals surface area contributed by atoms with Gasteiger partial charge in [0.15, 0.2) is 5.76 Å². The van der Waals surface area contributed by atoms with Gasteiger partial charge in [0.05, 0.1) is 19.3 Å². The van der Waals surface area contributed by atoms with Gasteiger partial charge in [-0.2, -0.15) is 0 Å². The molecule has 138 valence electrons. The summed E-state index contributed by atoms with van der Waals surface area (Å²) >= 11 is 0. The van der Waals surface area contributed by atoms with Crippen molar-refractivity contribution >= 4 is 0 Å². The Morgan fingerprint density at radius 1 is 0.957 bits per heavy atom. The summed E-state index contributed by atoms with van der Waals surface area (Å²) in [6, 6.07) is 0. The number of ether oxygens (including phenoxy) is 3. The van der Waals surface area contributed by atoms with Gasteiger partial charge in [0, 0.05) is 0 Å². The lowest BCUT2D eigenvalue weighted by Gasteiger charge is -2.27. The van der Waals surface area contributed by atoms with Crippen LogP contribution < -0.4 is 0 Å². The molecule has 0 aromatic heterocycles. The molecule has 0 rings (SSSR count). The van der Waals surface area contributed by atoms with Crippen molar-refractivity contribution in [3.8, 4) is 0 Å². The van der Waals surface area contributed by atoms with Crippen LogP contribution in [0.5, 0.6) is 0 Å². The maximum absolute atomic E-state index is 6.16. The van der Waals surface area contributed by atoms with Crippen LogP contribution >= 0.6 is 0 Å². The molecule has 3 unspecified atom stereocenters. The molecular weight excluding hydrogens is 288 g/mol. The largest absolute Gasteiger partial charge is 0.493 e. The van der Waals surface area contributed by atoms with Gasteiger partial charge in [-0.25, -0.2) is 0 Å². The van der Waals surface area contributed by atoms with Crippen LogP contribution in [-0.4, -0.2) is 25.6 Å². The quantitative estimate of drug-likeness (QED) is 0.309. The Hall–Kier alpha value is -0.540. The zero-order valence-electron chi connectivity index (χ0n) is 16.8. The second kappa shape index (κ2) is 12.8. The van der Waals surface area contributed by atoms with Gasteiger partial charge in [-0.1, -0.05) is 47.5 Å². The van der Waals surface area contributed by atoms with Gasteiger partial charge in [0.1, 0.15) is 0 Å². The molecule has 0 spiro atoms. The second-order valence-corrected chi connectivity index (χ2v) is 7.31. The molecule has 23 heavy (non-hydrogen) atoms. The van der Waals surface area contributed by atoms with E-state index in [1.165, 1.54) is 0 Å². The van der Waals surface area contributed by atoms with E-state index in [0.717, 1.165) is 37.0 Å². The van der Waals surface area contributed by atoms with Crippen LogP contribution in [0.1, 0.15) is 81.1 Å². The summed E-state index contributed by atoms with van der Waals surface area (Å²) in [6.07, 6.45) is 4.07. The maximum atomic E-state index is 6.16. The molecule has 0 aromatic carbocycles. The minimum Gasteiger partial charge on any atom is -0.493 e. The minimum absolute atomic E-state index is 0.171. The van der Waals surface area contributed by atoms with Gasteiger partial charge in [-0.05, 0) is 51.0 Å². The Bertz CT molecular complexity index is 319. The van der Waals surface area contributed by atoms with Crippen molar-refractivity contribution in [1.82, 2.24) is 0 Å². The van der Waals surface area contributed by atoms with Gasteiger partial charge in [0.2, 0.25) is 6.29 Å². The van der Waals surface area contributed by atoms with Crippen LogP contribution in [0.15, 0.2) is 11.3 Å². The molecule has 3 atom stereocenters. The van der Waals surface area contributed by atoms with Crippen molar-refractivity contribution in [2.24, 2.45) is 11.8 Å². The molecule has 0 saturated carbocycles. The van der Waals surface area contributed by atoms with Crippen LogP contribution in [0.4, 0.5) is 0 Å². The third-order valence-corrected chi connectivity index (χ3v) is 3.94. The summed E-state index contributed by atoms with van der Waals surface area (Å²) in [5.74, 6) is 2.02. The predicted molar refractivity (Wildman–Crippen MR) is 98.4 cm³/mol. The van der Waals surface area contributed by atoms with E-state index >= 15 is 0 Å². The zero-order chi connectivity index (χ0) is 17.8. The molecule has 0 fully saturated rings. The van der Waals surface area contributed by atoms with E-state index in [0.29, 0.717) is 25.0 Å². The highest BCUT2D eigenvalue weighted by Crippen LogP contribution is 2.20. The summed E-state index contributed by atoms with van der Waals surface area (Å²) in [5.41, 5.74) is 1.13. The molecule has 3 heteroatoms. The van der Waals surface area contributed by atoms with Crippen molar-refractivity contribution in [1.29, 1.82) is 0 Å². The predicted octanol–water partition coefficient (Wildman–Crippen LogP) is 5.94. The first-order valence-corrected chi connectivity index (χ1v) is 9.38. The highest BCUT2D eigenvalue weighted by atomic mass is 16.7. The zero-order valence-corrected chi connectivity index (χ0v) is 16.8. The van der Waals surface area contributed by atoms with Crippen molar-refractivity contribution < 1.29 is 14.2 Å². The van der Waals surface area contributed by atoms with Gasteiger partial charge in [-0.3, -0.25) is 0 Å². The van der Waals surface area contributed by atoms with Crippen LogP contribution in [0, 0.1) is 11.8 Å². The first-order chi connectivity index (χ1) is 10.8. The van der Waals surface area contributed by atoms with Crippen molar-refractivity contribution in [3.05, 3.63) is 11.3 Å². The van der Waals surface area contributed by atoms with Gasteiger partial charge in [0.25, 0.3) is 0 Å². The van der Waals surface area contributed by atoms with E-state index < -0.39 is 0 Å². The molecular formula is C20H40O3. The van der Waals surface area contributed by atoms with Crippen molar-refractivity contribution in [2.75, 3.05) is 13.2 Å². The molecule has 0 amide bonds. The summed E-state index contributed by atoms with van der Waals surface area (Å²) in [7, 11) is 0. The fraction of sp³-hybridized carbons (Fsp3) is 0.900. The number of hydrogen-bond acceptors (Lipinski definition) is 3. The lowest BCUT2D eigenvalue weighted by Crippen LogP contribution is -2.29. The molecule has 3 nitrogen and oxygen atoms in total. The molecule has 0 aliphatic heterocycles. The number of hydrogen-bond donors (Lipinski definition) is 0. The monoisotopic (exact) mass is 328 g/mol. The Balaban J connectivity index is 4.89. The minimum atomic E-state index is -0.386. The third kappa shape index (κ3) is 10.8. The Morgan fingerprint density at radius 3 is 2.09 bits per heavy atom. The fourth-order valence-corrected chi connectivity index (χ4v) is 2.08. The second-order valence-electron chi connectivity index (χ2n) is 7.31. The van der Waals surface area contributed by atoms with Crippen LogP contribution in [0.3, 0.4) is 0 Å². The van der Waals surface area contributed by atoms with Crippen molar-refractivity contribution in [3.63, 3.8) is 0 Å². The Labute approximate surface area is 144 Å². The molecule has 0 heterocycles.